The molecule has 2 aromatic rings. The van der Waals surface area contributed by atoms with Gasteiger partial charge in [-0.2, -0.15) is 4.98 Å². The smallest absolute Gasteiger partial charge is 0.225 e. The maximum atomic E-state index is 5.07. The van der Waals surface area contributed by atoms with Gasteiger partial charge in [0.2, 0.25) is 11.8 Å². The average Bonchev–Trinajstić information content (AvgIpc) is 2.86. The maximum absolute atomic E-state index is 5.07. The summed E-state index contributed by atoms with van der Waals surface area (Å²) in [6.07, 6.45) is 3.98. The average molecular weight is 259 g/mol. The maximum Gasteiger partial charge on any atom is 0.225 e. The van der Waals surface area contributed by atoms with Crippen LogP contribution in [0.3, 0.4) is 0 Å². The van der Waals surface area contributed by atoms with Crippen molar-refractivity contribution in [3.63, 3.8) is 0 Å². The minimum atomic E-state index is 0.301. The summed E-state index contributed by atoms with van der Waals surface area (Å²) in [5.74, 6) is 2.52. The molecule has 19 heavy (non-hydrogen) atoms. The normalized spacial score (nSPS) is 19.7. The van der Waals surface area contributed by atoms with Gasteiger partial charge in [-0.1, -0.05) is 5.16 Å². The number of hydrogen-bond acceptors (Lipinski definition) is 6. The lowest BCUT2D eigenvalue weighted by Gasteiger charge is -2.31. The molecule has 0 amide bonds. The lowest BCUT2D eigenvalue weighted by atomic mass is 9.98. The van der Waals surface area contributed by atoms with Gasteiger partial charge < -0.3 is 9.42 Å². The molecule has 0 saturated carbocycles. The van der Waals surface area contributed by atoms with Crippen LogP contribution in [0.1, 0.15) is 36.2 Å². The minimum absolute atomic E-state index is 0.301. The zero-order valence-corrected chi connectivity index (χ0v) is 11.2. The molecule has 6 nitrogen and oxygen atoms in total. The number of aryl methyl sites for hydroxylation is 2. The highest BCUT2D eigenvalue weighted by Gasteiger charge is 2.26. The number of aromatic nitrogens is 4. The van der Waals surface area contributed by atoms with E-state index in [2.05, 4.69) is 25.0 Å². The van der Waals surface area contributed by atoms with Crippen LogP contribution >= 0.6 is 0 Å². The Labute approximate surface area is 111 Å². The van der Waals surface area contributed by atoms with Crippen molar-refractivity contribution >= 4 is 5.95 Å². The minimum Gasteiger partial charge on any atom is -0.340 e. The summed E-state index contributed by atoms with van der Waals surface area (Å²) in [5.41, 5.74) is 0.988. The lowest BCUT2D eigenvalue weighted by molar-refractivity contribution is 0.376. The van der Waals surface area contributed by atoms with E-state index in [1.54, 1.807) is 6.20 Å². The molecule has 3 heterocycles. The fourth-order valence-electron chi connectivity index (χ4n) is 2.44. The van der Waals surface area contributed by atoms with E-state index in [1.165, 1.54) is 0 Å². The standard InChI is InChI=1S/C13H17N5O/c1-9-5-6-14-13(15-9)18-7-3-4-11(8-18)12-16-10(2)19-17-12/h5-6,11H,3-4,7-8H2,1-2H3/t11-/m0/s1. The third-order valence-electron chi connectivity index (χ3n) is 3.39. The van der Waals surface area contributed by atoms with Gasteiger partial charge in [0.25, 0.3) is 0 Å². The second-order valence-electron chi connectivity index (χ2n) is 4.95. The van der Waals surface area contributed by atoms with Gasteiger partial charge in [-0.05, 0) is 25.8 Å². The van der Waals surface area contributed by atoms with Crippen molar-refractivity contribution in [3.8, 4) is 0 Å². The molecule has 1 fully saturated rings. The fourth-order valence-corrected chi connectivity index (χ4v) is 2.44. The Morgan fingerprint density at radius 1 is 1.32 bits per heavy atom. The Hall–Kier alpha value is -1.98. The van der Waals surface area contributed by atoms with Crippen LogP contribution < -0.4 is 4.90 Å². The van der Waals surface area contributed by atoms with Crippen molar-refractivity contribution in [1.29, 1.82) is 0 Å². The van der Waals surface area contributed by atoms with Crippen molar-refractivity contribution in [2.45, 2.75) is 32.6 Å². The van der Waals surface area contributed by atoms with E-state index in [1.807, 2.05) is 19.9 Å². The van der Waals surface area contributed by atoms with E-state index >= 15 is 0 Å². The summed E-state index contributed by atoms with van der Waals surface area (Å²) < 4.78 is 5.07. The Bertz CT molecular complexity index is 568. The van der Waals surface area contributed by atoms with E-state index in [-0.39, 0.29) is 0 Å². The molecule has 0 bridgehead atoms. The molecule has 1 saturated heterocycles. The second-order valence-corrected chi connectivity index (χ2v) is 4.95. The van der Waals surface area contributed by atoms with Gasteiger partial charge >= 0.3 is 0 Å². The Morgan fingerprint density at radius 3 is 2.95 bits per heavy atom. The first-order valence-electron chi connectivity index (χ1n) is 6.57. The van der Waals surface area contributed by atoms with Crippen LogP contribution in [0.25, 0.3) is 0 Å². The molecular weight excluding hydrogens is 242 g/mol. The first-order chi connectivity index (χ1) is 9.22. The molecule has 0 unspecified atom stereocenters. The summed E-state index contributed by atoms with van der Waals surface area (Å²) in [7, 11) is 0. The molecule has 0 radical (unpaired) electrons. The number of rotatable bonds is 2. The number of nitrogens with zero attached hydrogens (tertiary/aromatic N) is 5. The fraction of sp³-hybridized carbons (Fsp3) is 0.538. The molecule has 0 spiro atoms. The molecule has 0 aromatic carbocycles. The van der Waals surface area contributed by atoms with Crippen LogP contribution in [0, 0.1) is 13.8 Å². The molecule has 1 atom stereocenters. The summed E-state index contributed by atoms with van der Waals surface area (Å²) >= 11 is 0. The van der Waals surface area contributed by atoms with Gasteiger partial charge in [-0.25, -0.2) is 9.97 Å². The second kappa shape index (κ2) is 4.95. The van der Waals surface area contributed by atoms with Crippen molar-refractivity contribution < 1.29 is 4.52 Å². The van der Waals surface area contributed by atoms with Crippen LogP contribution in [0.15, 0.2) is 16.8 Å². The van der Waals surface area contributed by atoms with Gasteiger partial charge in [-0.15, -0.1) is 0 Å². The van der Waals surface area contributed by atoms with Gasteiger partial charge in [0.05, 0.1) is 0 Å². The van der Waals surface area contributed by atoms with Gasteiger partial charge in [0, 0.05) is 37.8 Å². The number of hydrogen-bond donors (Lipinski definition) is 0. The number of piperidine rings is 1. The van der Waals surface area contributed by atoms with Crippen LogP contribution in [0.2, 0.25) is 0 Å². The Morgan fingerprint density at radius 2 is 2.21 bits per heavy atom. The van der Waals surface area contributed by atoms with Gasteiger partial charge in [0.1, 0.15) is 0 Å². The molecule has 1 aliphatic heterocycles. The van der Waals surface area contributed by atoms with Gasteiger partial charge in [0.15, 0.2) is 5.82 Å². The quantitative estimate of drug-likeness (QED) is 0.820. The van der Waals surface area contributed by atoms with Crippen molar-refractivity contribution in [3.05, 3.63) is 29.7 Å². The highest BCUT2D eigenvalue weighted by Crippen LogP contribution is 2.26. The largest absolute Gasteiger partial charge is 0.340 e. The summed E-state index contributed by atoms with van der Waals surface area (Å²) in [5, 5.41) is 4.03. The predicted octanol–water partition coefficient (Wildman–Crippen LogP) is 1.86. The van der Waals surface area contributed by atoms with E-state index in [0.29, 0.717) is 11.8 Å². The van der Waals surface area contributed by atoms with Crippen molar-refractivity contribution in [2.75, 3.05) is 18.0 Å². The van der Waals surface area contributed by atoms with Crippen molar-refractivity contribution in [1.82, 2.24) is 20.1 Å². The van der Waals surface area contributed by atoms with Gasteiger partial charge in [-0.3, -0.25) is 0 Å². The summed E-state index contributed by atoms with van der Waals surface area (Å²) in [4.78, 5) is 15.4. The highest BCUT2D eigenvalue weighted by molar-refractivity contribution is 5.32. The predicted molar refractivity (Wildman–Crippen MR) is 70.0 cm³/mol. The SMILES string of the molecule is Cc1ccnc(N2CCC[C@H](c3noc(C)n3)C2)n1. The summed E-state index contributed by atoms with van der Waals surface area (Å²) in [6, 6.07) is 1.91. The van der Waals surface area contributed by atoms with Crippen LogP contribution in [-0.2, 0) is 0 Å². The van der Waals surface area contributed by atoms with E-state index in [0.717, 1.165) is 43.4 Å². The number of anilines is 1. The van der Waals surface area contributed by atoms with E-state index < -0.39 is 0 Å². The molecular formula is C13H17N5O. The molecule has 0 N–H and O–H groups in total. The van der Waals surface area contributed by atoms with Crippen LogP contribution in [-0.4, -0.2) is 33.2 Å². The highest BCUT2D eigenvalue weighted by atomic mass is 16.5. The summed E-state index contributed by atoms with van der Waals surface area (Å²) in [6.45, 7) is 5.63. The first-order valence-corrected chi connectivity index (χ1v) is 6.57. The third kappa shape index (κ3) is 2.57. The van der Waals surface area contributed by atoms with E-state index in [4.69, 9.17) is 4.52 Å². The molecule has 0 aliphatic carbocycles. The molecule has 2 aromatic heterocycles. The lowest BCUT2D eigenvalue weighted by Crippen LogP contribution is -2.36. The monoisotopic (exact) mass is 259 g/mol. The van der Waals surface area contributed by atoms with Crippen LogP contribution in [0.4, 0.5) is 5.95 Å². The molecule has 3 rings (SSSR count). The molecule has 100 valence electrons. The van der Waals surface area contributed by atoms with Crippen molar-refractivity contribution in [2.24, 2.45) is 0 Å². The zero-order chi connectivity index (χ0) is 13.2. The Balaban J connectivity index is 1.78. The topological polar surface area (TPSA) is 67.9 Å². The van der Waals surface area contributed by atoms with Crippen LogP contribution in [0.5, 0.6) is 0 Å². The molecule has 6 heteroatoms. The third-order valence-corrected chi connectivity index (χ3v) is 3.39. The first kappa shape index (κ1) is 12.1. The van der Waals surface area contributed by atoms with E-state index in [9.17, 15) is 0 Å². The Kier molecular flexibility index (Phi) is 3.15. The zero-order valence-electron chi connectivity index (χ0n) is 11.2. The molecule has 1 aliphatic rings.